The fourth-order valence-electron chi connectivity index (χ4n) is 3.39. The minimum atomic E-state index is -4.49. The van der Waals surface area contributed by atoms with E-state index in [2.05, 4.69) is 0 Å². The molecule has 0 N–H and O–H groups in total. The number of nitrogens with zero attached hydrogens (tertiary/aromatic N) is 2. The molecule has 1 aliphatic heterocycles. The molecule has 0 radical (unpaired) electrons. The van der Waals surface area contributed by atoms with Gasteiger partial charge in [-0.1, -0.05) is 30.3 Å². The maximum absolute atomic E-state index is 13.3. The predicted octanol–water partition coefficient (Wildman–Crippen LogP) is 4.31. The molecule has 10 heteroatoms. The van der Waals surface area contributed by atoms with Crippen molar-refractivity contribution in [1.82, 2.24) is 0 Å². The molecule has 3 rings (SSSR count). The number of halogens is 3. The zero-order valence-electron chi connectivity index (χ0n) is 15.3. The Kier molecular flexibility index (Phi) is 5.40. The minimum absolute atomic E-state index is 0.0824. The third kappa shape index (κ3) is 4.26. The summed E-state index contributed by atoms with van der Waals surface area (Å²) in [6, 6.07) is 9.29. The molecule has 0 saturated heterocycles. The largest absolute Gasteiger partial charge is 0.416 e. The molecule has 29 heavy (non-hydrogen) atoms. The van der Waals surface area contributed by atoms with Gasteiger partial charge in [-0.25, -0.2) is 8.42 Å². The zero-order valence-corrected chi connectivity index (χ0v) is 16.1. The fourth-order valence-corrected chi connectivity index (χ4v) is 4.25. The van der Waals surface area contributed by atoms with Crippen molar-refractivity contribution in [2.24, 2.45) is 0 Å². The maximum Gasteiger partial charge on any atom is 0.416 e. The van der Waals surface area contributed by atoms with Crippen LogP contribution in [0.3, 0.4) is 0 Å². The summed E-state index contributed by atoms with van der Waals surface area (Å²) in [5, 5.41) is 11.5. The highest BCUT2D eigenvalue weighted by Gasteiger charge is 2.34. The van der Waals surface area contributed by atoms with E-state index >= 15 is 0 Å². The van der Waals surface area contributed by atoms with Crippen molar-refractivity contribution in [2.45, 2.75) is 17.5 Å². The second-order valence-electron chi connectivity index (χ2n) is 6.62. The SMILES string of the molecule is CS(=O)(=O)c1cccc(N2CC=C(c3ccccc3C(F)(F)F)CC2)c1[N+](=O)[O-]. The molecule has 0 unspecified atom stereocenters. The van der Waals surface area contributed by atoms with Crippen LogP contribution in [0.1, 0.15) is 17.5 Å². The Morgan fingerprint density at radius 1 is 1.10 bits per heavy atom. The second kappa shape index (κ2) is 7.51. The molecular formula is C19H17F3N2O4S. The molecule has 0 spiro atoms. The third-order valence-electron chi connectivity index (χ3n) is 4.69. The van der Waals surface area contributed by atoms with Gasteiger partial charge < -0.3 is 4.90 Å². The number of nitro benzene ring substituents is 1. The standard InChI is InChI=1S/C19H17F3N2O4S/c1-29(27,28)17-8-4-7-16(18(17)24(25)26)23-11-9-13(10-12-23)14-5-2-3-6-15(14)19(20,21)22/h2-9H,10-12H2,1H3. The summed E-state index contributed by atoms with van der Waals surface area (Å²) in [6.45, 7) is 0.335. The van der Waals surface area contributed by atoms with E-state index in [9.17, 15) is 31.7 Å². The van der Waals surface area contributed by atoms with Gasteiger partial charge in [0.15, 0.2) is 9.84 Å². The Balaban J connectivity index is 1.99. The van der Waals surface area contributed by atoms with Crippen molar-refractivity contribution < 1.29 is 26.5 Å². The highest BCUT2D eigenvalue weighted by molar-refractivity contribution is 7.90. The Hall–Kier alpha value is -2.88. The van der Waals surface area contributed by atoms with Gasteiger partial charge in [0.05, 0.1) is 10.5 Å². The lowest BCUT2D eigenvalue weighted by molar-refractivity contribution is -0.387. The van der Waals surface area contributed by atoms with E-state index in [0.717, 1.165) is 12.3 Å². The van der Waals surface area contributed by atoms with Gasteiger partial charge >= 0.3 is 11.9 Å². The van der Waals surface area contributed by atoms with Gasteiger partial charge in [0.1, 0.15) is 10.6 Å². The molecule has 1 aliphatic rings. The summed E-state index contributed by atoms with van der Waals surface area (Å²) in [6.07, 6.45) is -1.78. The van der Waals surface area contributed by atoms with Gasteiger partial charge in [0.2, 0.25) is 0 Å². The van der Waals surface area contributed by atoms with Crippen LogP contribution < -0.4 is 4.90 Å². The van der Waals surface area contributed by atoms with Gasteiger partial charge in [-0.3, -0.25) is 10.1 Å². The minimum Gasteiger partial charge on any atom is -0.362 e. The lowest BCUT2D eigenvalue weighted by atomic mass is 9.94. The van der Waals surface area contributed by atoms with Crippen molar-refractivity contribution >= 4 is 26.8 Å². The van der Waals surface area contributed by atoms with E-state index in [1.54, 1.807) is 11.0 Å². The van der Waals surface area contributed by atoms with Gasteiger partial charge in [0.25, 0.3) is 0 Å². The second-order valence-corrected chi connectivity index (χ2v) is 8.61. The summed E-state index contributed by atoms with van der Waals surface area (Å²) in [5.74, 6) is 0. The first-order chi connectivity index (χ1) is 13.5. The molecule has 2 aromatic carbocycles. The number of rotatable bonds is 4. The van der Waals surface area contributed by atoms with Crippen LogP contribution in [0, 0.1) is 10.1 Å². The average molecular weight is 426 g/mol. The van der Waals surface area contributed by atoms with Crippen molar-refractivity contribution in [1.29, 1.82) is 0 Å². The molecule has 2 aromatic rings. The van der Waals surface area contributed by atoms with Crippen LogP contribution in [0.15, 0.2) is 53.4 Å². The van der Waals surface area contributed by atoms with E-state index in [1.165, 1.54) is 36.4 Å². The molecule has 1 heterocycles. The number of nitro groups is 1. The lowest BCUT2D eigenvalue weighted by Gasteiger charge is -2.29. The molecule has 154 valence electrons. The van der Waals surface area contributed by atoms with Crippen LogP contribution in [0.4, 0.5) is 24.5 Å². The van der Waals surface area contributed by atoms with Crippen LogP contribution in [-0.4, -0.2) is 32.7 Å². The third-order valence-corrected chi connectivity index (χ3v) is 5.82. The van der Waals surface area contributed by atoms with E-state index in [-0.39, 0.29) is 30.8 Å². The average Bonchev–Trinajstić information content (AvgIpc) is 2.66. The monoisotopic (exact) mass is 426 g/mol. The molecule has 6 nitrogen and oxygen atoms in total. The summed E-state index contributed by atoms with van der Waals surface area (Å²) in [4.78, 5) is 12.0. The smallest absolute Gasteiger partial charge is 0.362 e. The molecular weight excluding hydrogens is 409 g/mol. The van der Waals surface area contributed by atoms with Gasteiger partial charge in [-0.05, 0) is 35.8 Å². The number of para-hydroxylation sites is 1. The Morgan fingerprint density at radius 3 is 2.34 bits per heavy atom. The van der Waals surface area contributed by atoms with Crippen LogP contribution in [-0.2, 0) is 16.0 Å². The van der Waals surface area contributed by atoms with E-state index in [1.807, 2.05) is 0 Å². The van der Waals surface area contributed by atoms with Crippen LogP contribution >= 0.6 is 0 Å². The van der Waals surface area contributed by atoms with Crippen LogP contribution in [0.2, 0.25) is 0 Å². The number of hydrogen-bond acceptors (Lipinski definition) is 5. The summed E-state index contributed by atoms with van der Waals surface area (Å²) < 4.78 is 63.7. The van der Waals surface area contributed by atoms with Crippen molar-refractivity contribution in [3.8, 4) is 0 Å². The van der Waals surface area contributed by atoms with Crippen LogP contribution in [0.5, 0.6) is 0 Å². The van der Waals surface area contributed by atoms with E-state index in [4.69, 9.17) is 0 Å². The molecule has 0 saturated carbocycles. The Bertz CT molecular complexity index is 1090. The number of alkyl halides is 3. The highest BCUT2D eigenvalue weighted by Crippen LogP contribution is 2.39. The van der Waals surface area contributed by atoms with Gasteiger partial charge in [-0.2, -0.15) is 13.2 Å². The number of benzene rings is 2. The predicted molar refractivity (Wildman–Crippen MR) is 102 cm³/mol. The van der Waals surface area contributed by atoms with E-state index < -0.39 is 37.1 Å². The van der Waals surface area contributed by atoms with Gasteiger partial charge in [-0.15, -0.1) is 0 Å². The first-order valence-electron chi connectivity index (χ1n) is 8.58. The zero-order chi connectivity index (χ0) is 21.4. The molecule has 0 bridgehead atoms. The van der Waals surface area contributed by atoms with Crippen LogP contribution in [0.25, 0.3) is 5.57 Å². The summed E-state index contributed by atoms with van der Waals surface area (Å²) in [7, 11) is -3.82. The molecule has 0 atom stereocenters. The van der Waals surface area contributed by atoms with Crippen molar-refractivity contribution in [3.63, 3.8) is 0 Å². The van der Waals surface area contributed by atoms with E-state index in [0.29, 0.717) is 5.57 Å². The summed E-state index contributed by atoms with van der Waals surface area (Å²) in [5.41, 5.74) is -0.556. The fraction of sp³-hybridized carbons (Fsp3) is 0.263. The normalized spacial score (nSPS) is 15.2. The maximum atomic E-state index is 13.3. The summed E-state index contributed by atoms with van der Waals surface area (Å²) >= 11 is 0. The topological polar surface area (TPSA) is 80.5 Å². The van der Waals surface area contributed by atoms with Crippen molar-refractivity contribution in [3.05, 3.63) is 69.8 Å². The highest BCUT2D eigenvalue weighted by atomic mass is 32.2. The number of hydrogen-bond donors (Lipinski definition) is 0. The number of anilines is 1. The molecule has 0 aromatic heterocycles. The first kappa shape index (κ1) is 20.8. The Morgan fingerprint density at radius 2 is 1.79 bits per heavy atom. The number of sulfone groups is 1. The lowest BCUT2D eigenvalue weighted by Crippen LogP contribution is -2.29. The molecule has 0 aliphatic carbocycles. The first-order valence-corrected chi connectivity index (χ1v) is 10.5. The Labute approximate surface area is 165 Å². The molecule has 0 amide bonds. The van der Waals surface area contributed by atoms with Gasteiger partial charge in [0, 0.05) is 19.3 Å². The quantitative estimate of drug-likeness (QED) is 0.538. The molecule has 0 fully saturated rings. The van der Waals surface area contributed by atoms with Crippen molar-refractivity contribution in [2.75, 3.05) is 24.2 Å².